The molecular weight excluding hydrogens is 174 g/mol. The van der Waals surface area contributed by atoms with Gasteiger partial charge in [0, 0.05) is 6.07 Å². The standard InChI is InChI=1S/C8H4NO4/c10-9(11)6-1-2-7-8(5-6)13-4-3-12-7/h1-4H. The van der Waals surface area contributed by atoms with Crippen LogP contribution in [0.1, 0.15) is 0 Å². The van der Waals surface area contributed by atoms with Crippen LogP contribution >= 0.6 is 0 Å². The summed E-state index contributed by atoms with van der Waals surface area (Å²) in [7, 11) is 0. The van der Waals surface area contributed by atoms with E-state index < -0.39 is 4.92 Å². The summed E-state index contributed by atoms with van der Waals surface area (Å²) in [4.78, 5) is 9.81. The topological polar surface area (TPSA) is 61.6 Å². The Kier molecular flexibility index (Phi) is 1.63. The Bertz CT molecular complexity index is 386. The highest BCUT2D eigenvalue weighted by atomic mass is 16.6. The van der Waals surface area contributed by atoms with E-state index in [-0.39, 0.29) is 11.4 Å². The molecule has 5 heteroatoms. The van der Waals surface area contributed by atoms with Crippen LogP contribution in [0.5, 0.6) is 11.5 Å². The van der Waals surface area contributed by atoms with Crippen LogP contribution in [0.25, 0.3) is 0 Å². The molecule has 1 aliphatic heterocycles. The Morgan fingerprint density at radius 1 is 1.31 bits per heavy atom. The lowest BCUT2D eigenvalue weighted by atomic mass is 10.3. The number of hydrogen-bond acceptors (Lipinski definition) is 4. The van der Waals surface area contributed by atoms with Crippen LogP contribution in [0.2, 0.25) is 0 Å². The monoisotopic (exact) mass is 178 g/mol. The van der Waals surface area contributed by atoms with Crippen LogP contribution in [-0.4, -0.2) is 4.92 Å². The van der Waals surface area contributed by atoms with Gasteiger partial charge in [-0.05, 0) is 6.07 Å². The third kappa shape index (κ3) is 1.31. The van der Waals surface area contributed by atoms with Gasteiger partial charge in [0.15, 0.2) is 11.5 Å². The Hall–Kier alpha value is -2.04. The Morgan fingerprint density at radius 3 is 2.85 bits per heavy atom. The lowest BCUT2D eigenvalue weighted by Crippen LogP contribution is -1.97. The normalized spacial score (nSPS) is 12.6. The number of ether oxygens (including phenoxy) is 2. The molecular formula is C8H4NO4. The first-order chi connectivity index (χ1) is 6.27. The zero-order valence-corrected chi connectivity index (χ0v) is 6.39. The summed E-state index contributed by atoms with van der Waals surface area (Å²) in [5.74, 6) is 0.657. The second-order valence-corrected chi connectivity index (χ2v) is 2.30. The number of nitrogens with zero attached hydrogens (tertiary/aromatic N) is 1. The fourth-order valence-electron chi connectivity index (χ4n) is 0.934. The van der Waals surface area contributed by atoms with Gasteiger partial charge in [-0.25, -0.2) is 0 Å². The van der Waals surface area contributed by atoms with Gasteiger partial charge in [0.25, 0.3) is 5.69 Å². The van der Waals surface area contributed by atoms with Crippen molar-refractivity contribution >= 4 is 5.69 Å². The van der Waals surface area contributed by atoms with Gasteiger partial charge in [-0.1, -0.05) is 0 Å². The summed E-state index contributed by atoms with van der Waals surface area (Å²) in [6.07, 6.45) is 2.64. The van der Waals surface area contributed by atoms with Crippen molar-refractivity contribution in [3.05, 3.63) is 40.8 Å². The molecule has 0 atom stereocenters. The van der Waals surface area contributed by atoms with Crippen LogP contribution in [0.15, 0.2) is 24.7 Å². The van der Waals surface area contributed by atoms with E-state index in [4.69, 9.17) is 9.47 Å². The van der Waals surface area contributed by atoms with Crippen LogP contribution in [0, 0.1) is 16.2 Å². The molecule has 65 valence electrons. The third-order valence-electron chi connectivity index (χ3n) is 1.49. The predicted molar refractivity (Wildman–Crippen MR) is 42.3 cm³/mol. The fourth-order valence-corrected chi connectivity index (χ4v) is 0.934. The van der Waals surface area contributed by atoms with E-state index in [9.17, 15) is 10.1 Å². The lowest BCUT2D eigenvalue weighted by molar-refractivity contribution is -0.385. The van der Waals surface area contributed by atoms with Crippen molar-refractivity contribution in [2.24, 2.45) is 0 Å². The Balaban J connectivity index is 2.44. The van der Waals surface area contributed by atoms with E-state index in [1.54, 1.807) is 0 Å². The minimum absolute atomic E-state index is 0.141. The summed E-state index contributed by atoms with van der Waals surface area (Å²) in [6.45, 7) is 0. The summed E-state index contributed by atoms with van der Waals surface area (Å²) in [5.41, 5.74) is -0.141. The van der Waals surface area contributed by atoms with Gasteiger partial charge in [0.05, 0.1) is 4.92 Å². The molecule has 0 bridgehead atoms. The minimum atomic E-state index is -0.540. The van der Waals surface area contributed by atoms with Gasteiger partial charge in [-0.15, -0.1) is 0 Å². The quantitative estimate of drug-likeness (QED) is 0.484. The van der Waals surface area contributed by atoms with Gasteiger partial charge in [0.1, 0.15) is 18.6 Å². The molecule has 0 saturated heterocycles. The second-order valence-electron chi connectivity index (χ2n) is 2.30. The predicted octanol–water partition coefficient (Wildman–Crippen LogP) is 1.64. The molecule has 13 heavy (non-hydrogen) atoms. The maximum Gasteiger partial charge on any atom is 0.281 e. The number of nitro benzene ring substituents is 1. The number of nitro groups is 1. The molecule has 0 aromatic heterocycles. The highest BCUT2D eigenvalue weighted by Gasteiger charge is 2.14. The summed E-state index contributed by atoms with van der Waals surface area (Å²) in [6, 6.07) is 5.24. The second kappa shape index (κ2) is 2.78. The zero-order valence-electron chi connectivity index (χ0n) is 6.39. The van der Waals surface area contributed by atoms with E-state index in [2.05, 4.69) is 6.07 Å². The number of fused-ring (bicyclic) bond motifs is 1. The molecule has 1 aliphatic rings. The lowest BCUT2D eigenvalue weighted by Gasteiger charge is -2.10. The van der Waals surface area contributed by atoms with Crippen molar-refractivity contribution in [3.63, 3.8) is 0 Å². The van der Waals surface area contributed by atoms with E-state index in [0.29, 0.717) is 5.75 Å². The van der Waals surface area contributed by atoms with Crippen molar-refractivity contribution in [3.8, 4) is 11.5 Å². The molecule has 1 heterocycles. The largest absolute Gasteiger partial charge is 0.458 e. The number of non-ortho nitro benzene ring substituents is 1. The number of hydrogen-bond donors (Lipinski definition) is 0. The molecule has 2 rings (SSSR count). The molecule has 1 aromatic rings. The molecule has 1 radical (unpaired) electrons. The highest BCUT2D eigenvalue weighted by molar-refractivity contribution is 5.48. The van der Waals surface area contributed by atoms with Crippen molar-refractivity contribution < 1.29 is 14.4 Å². The molecule has 0 amide bonds. The maximum absolute atomic E-state index is 10.3. The first-order valence-corrected chi connectivity index (χ1v) is 3.46. The van der Waals surface area contributed by atoms with Gasteiger partial charge in [-0.2, -0.15) is 0 Å². The van der Waals surface area contributed by atoms with Crippen LogP contribution < -0.4 is 9.47 Å². The average Bonchev–Trinajstić information content (AvgIpc) is 2.17. The van der Waals surface area contributed by atoms with Crippen molar-refractivity contribution in [2.45, 2.75) is 0 Å². The molecule has 0 spiro atoms. The average molecular weight is 178 g/mol. The molecule has 0 fully saturated rings. The molecule has 0 unspecified atom stereocenters. The Morgan fingerprint density at radius 2 is 2.08 bits per heavy atom. The summed E-state index contributed by atoms with van der Waals surface area (Å²) in [5, 5.41) is 10.3. The van der Waals surface area contributed by atoms with Gasteiger partial charge >= 0.3 is 0 Å². The maximum atomic E-state index is 10.3. The van der Waals surface area contributed by atoms with Crippen molar-refractivity contribution in [1.82, 2.24) is 0 Å². The van der Waals surface area contributed by atoms with Gasteiger partial charge in [0.2, 0.25) is 0 Å². The van der Waals surface area contributed by atoms with E-state index >= 15 is 0 Å². The van der Waals surface area contributed by atoms with E-state index in [1.807, 2.05) is 0 Å². The third-order valence-corrected chi connectivity index (χ3v) is 1.49. The van der Waals surface area contributed by atoms with Crippen LogP contribution in [-0.2, 0) is 0 Å². The molecule has 0 aliphatic carbocycles. The van der Waals surface area contributed by atoms with E-state index in [1.165, 1.54) is 24.7 Å². The first-order valence-electron chi connectivity index (χ1n) is 3.46. The zero-order chi connectivity index (χ0) is 9.26. The van der Waals surface area contributed by atoms with Crippen molar-refractivity contribution in [2.75, 3.05) is 0 Å². The summed E-state index contributed by atoms with van der Waals surface area (Å²) < 4.78 is 9.95. The number of benzene rings is 1. The van der Waals surface area contributed by atoms with Crippen LogP contribution in [0.3, 0.4) is 0 Å². The highest BCUT2D eigenvalue weighted by Crippen LogP contribution is 2.32. The van der Waals surface area contributed by atoms with E-state index in [0.717, 1.165) is 0 Å². The van der Waals surface area contributed by atoms with Crippen LogP contribution in [0.4, 0.5) is 5.69 Å². The first kappa shape index (κ1) is 7.60. The summed E-state index contributed by atoms with van der Waals surface area (Å²) >= 11 is 0. The molecule has 1 aromatic carbocycles. The Labute approximate surface area is 73.3 Å². The van der Waals surface area contributed by atoms with Crippen molar-refractivity contribution in [1.29, 1.82) is 0 Å². The van der Waals surface area contributed by atoms with Gasteiger partial charge in [-0.3, -0.25) is 10.1 Å². The fraction of sp³-hybridized carbons (Fsp3) is 0. The molecule has 0 saturated carbocycles. The van der Waals surface area contributed by atoms with Gasteiger partial charge < -0.3 is 9.47 Å². The SMILES string of the molecule is O=[N+]([O-])c1[c]c2c(cc1)OC=CO2. The number of rotatable bonds is 1. The smallest absolute Gasteiger partial charge is 0.281 e. The molecule has 5 nitrogen and oxygen atoms in total. The minimum Gasteiger partial charge on any atom is -0.458 e. The molecule has 0 N–H and O–H groups in total.